The normalized spacial score (nSPS) is 15.4. The summed E-state index contributed by atoms with van der Waals surface area (Å²) in [5.74, 6) is 0.803. The summed E-state index contributed by atoms with van der Waals surface area (Å²) >= 11 is 0. The molecule has 140 valence electrons. The molecular weight excluding hydrogens is 341 g/mol. The molecule has 3 heterocycles. The molecule has 0 aliphatic carbocycles. The van der Waals surface area contributed by atoms with E-state index >= 15 is 0 Å². The second-order valence-corrected chi connectivity index (χ2v) is 7.06. The van der Waals surface area contributed by atoms with Gasteiger partial charge in [-0.2, -0.15) is 0 Å². The van der Waals surface area contributed by atoms with Gasteiger partial charge in [0.05, 0.1) is 5.52 Å². The minimum absolute atomic E-state index is 0.231. The maximum atomic E-state index is 13.8. The van der Waals surface area contributed by atoms with Crippen molar-refractivity contribution in [3.63, 3.8) is 0 Å². The number of aromatic nitrogens is 2. The monoisotopic (exact) mass is 365 g/mol. The number of pyridine rings is 2. The number of fused-ring (bicyclic) bond motifs is 1. The van der Waals surface area contributed by atoms with E-state index in [9.17, 15) is 4.39 Å². The van der Waals surface area contributed by atoms with Gasteiger partial charge in [0.15, 0.2) is 0 Å². The van der Waals surface area contributed by atoms with Gasteiger partial charge in [0.1, 0.15) is 11.6 Å². The molecule has 0 radical (unpaired) electrons. The van der Waals surface area contributed by atoms with Gasteiger partial charge in [-0.3, -0.25) is 4.98 Å². The quantitative estimate of drug-likeness (QED) is 0.753. The molecule has 0 amide bonds. The van der Waals surface area contributed by atoms with Crippen molar-refractivity contribution in [3.05, 3.63) is 65.7 Å². The molecule has 3 aromatic rings. The van der Waals surface area contributed by atoms with Crippen LogP contribution in [0.3, 0.4) is 0 Å². The zero-order valence-electron chi connectivity index (χ0n) is 15.5. The van der Waals surface area contributed by atoms with E-state index in [1.54, 1.807) is 12.3 Å². The van der Waals surface area contributed by atoms with Crippen LogP contribution >= 0.6 is 0 Å². The predicted octanol–water partition coefficient (Wildman–Crippen LogP) is 2.81. The van der Waals surface area contributed by atoms with Crippen LogP contribution in [-0.4, -0.2) is 48.1 Å². The highest BCUT2D eigenvalue weighted by molar-refractivity contribution is 5.81. The molecule has 1 aliphatic heterocycles. The fraction of sp³-hybridized carbons (Fsp3) is 0.333. The van der Waals surface area contributed by atoms with Crippen LogP contribution in [0.25, 0.3) is 10.9 Å². The molecule has 4 rings (SSSR count). The summed E-state index contributed by atoms with van der Waals surface area (Å²) < 4.78 is 13.8. The summed E-state index contributed by atoms with van der Waals surface area (Å²) in [4.78, 5) is 13.7. The van der Waals surface area contributed by atoms with Gasteiger partial charge in [0.2, 0.25) is 0 Å². The number of rotatable bonds is 5. The third-order valence-corrected chi connectivity index (χ3v) is 5.03. The Hall–Kier alpha value is -2.57. The smallest absolute Gasteiger partial charge is 0.128 e. The minimum atomic E-state index is -0.231. The largest absolute Gasteiger partial charge is 0.354 e. The van der Waals surface area contributed by atoms with Crippen LogP contribution in [-0.2, 0) is 13.1 Å². The van der Waals surface area contributed by atoms with E-state index in [1.807, 2.05) is 18.3 Å². The molecule has 0 spiro atoms. The van der Waals surface area contributed by atoms with E-state index in [0.717, 1.165) is 54.0 Å². The van der Waals surface area contributed by atoms with Gasteiger partial charge in [-0.05, 0) is 42.4 Å². The van der Waals surface area contributed by atoms with E-state index in [4.69, 9.17) is 0 Å². The Balaban J connectivity index is 1.37. The molecule has 0 bridgehead atoms. The Bertz CT molecular complexity index is 904. The molecule has 1 aliphatic rings. The van der Waals surface area contributed by atoms with Gasteiger partial charge < -0.3 is 15.1 Å². The highest BCUT2D eigenvalue weighted by Gasteiger charge is 2.14. The number of nitrogens with zero attached hydrogens (tertiary/aromatic N) is 4. The number of nitrogens with one attached hydrogen (secondary N) is 1. The van der Waals surface area contributed by atoms with Crippen LogP contribution < -0.4 is 10.2 Å². The zero-order valence-corrected chi connectivity index (χ0v) is 15.5. The lowest BCUT2D eigenvalue weighted by Crippen LogP contribution is -2.44. The van der Waals surface area contributed by atoms with Crippen molar-refractivity contribution < 1.29 is 4.39 Å². The lowest BCUT2D eigenvalue weighted by Gasteiger charge is -2.33. The lowest BCUT2D eigenvalue weighted by atomic mass is 10.1. The average molecular weight is 365 g/mol. The third-order valence-electron chi connectivity index (χ3n) is 5.03. The summed E-state index contributed by atoms with van der Waals surface area (Å²) in [7, 11) is 2.15. The second-order valence-electron chi connectivity index (χ2n) is 7.06. The van der Waals surface area contributed by atoms with E-state index in [2.05, 4.69) is 44.3 Å². The maximum Gasteiger partial charge on any atom is 0.128 e. The van der Waals surface area contributed by atoms with Crippen molar-refractivity contribution in [2.75, 3.05) is 38.1 Å². The molecule has 2 aromatic heterocycles. The van der Waals surface area contributed by atoms with Gasteiger partial charge in [0.25, 0.3) is 0 Å². The first kappa shape index (κ1) is 17.8. The van der Waals surface area contributed by atoms with Crippen LogP contribution in [0, 0.1) is 5.82 Å². The SMILES string of the molecule is CN1CCN(c2ccc(CNCc3cc(F)cc4cccnc34)cn2)CC1. The summed E-state index contributed by atoms with van der Waals surface area (Å²) in [6.07, 6.45) is 3.66. The summed E-state index contributed by atoms with van der Waals surface area (Å²) in [6, 6.07) is 11.0. The lowest BCUT2D eigenvalue weighted by molar-refractivity contribution is 0.312. The van der Waals surface area contributed by atoms with Crippen LogP contribution in [0.15, 0.2) is 48.8 Å². The molecule has 0 atom stereocenters. The molecule has 6 heteroatoms. The van der Waals surface area contributed by atoms with Gasteiger partial charge in [-0.15, -0.1) is 0 Å². The van der Waals surface area contributed by atoms with E-state index in [1.165, 1.54) is 6.07 Å². The Morgan fingerprint density at radius 2 is 1.89 bits per heavy atom. The van der Waals surface area contributed by atoms with E-state index in [0.29, 0.717) is 13.1 Å². The van der Waals surface area contributed by atoms with Crippen LogP contribution in [0.2, 0.25) is 0 Å². The number of piperazine rings is 1. The molecule has 1 saturated heterocycles. The zero-order chi connectivity index (χ0) is 18.6. The van der Waals surface area contributed by atoms with Crippen molar-refractivity contribution in [2.24, 2.45) is 0 Å². The third kappa shape index (κ3) is 4.23. The molecular formula is C21H24FN5. The van der Waals surface area contributed by atoms with Crippen LogP contribution in [0.1, 0.15) is 11.1 Å². The van der Waals surface area contributed by atoms with Gasteiger partial charge >= 0.3 is 0 Å². The summed E-state index contributed by atoms with van der Waals surface area (Å²) in [5.41, 5.74) is 2.82. The van der Waals surface area contributed by atoms with E-state index in [-0.39, 0.29) is 5.82 Å². The van der Waals surface area contributed by atoms with Crippen molar-refractivity contribution in [3.8, 4) is 0 Å². The Kier molecular flexibility index (Phi) is 5.27. The van der Waals surface area contributed by atoms with Gasteiger partial charge in [-0.1, -0.05) is 12.1 Å². The molecule has 27 heavy (non-hydrogen) atoms. The summed E-state index contributed by atoms with van der Waals surface area (Å²) in [6.45, 7) is 5.41. The average Bonchev–Trinajstić information content (AvgIpc) is 2.69. The molecule has 5 nitrogen and oxygen atoms in total. The number of anilines is 1. The van der Waals surface area contributed by atoms with Crippen molar-refractivity contribution in [2.45, 2.75) is 13.1 Å². The van der Waals surface area contributed by atoms with E-state index < -0.39 is 0 Å². The Labute approximate surface area is 158 Å². The fourth-order valence-corrected chi connectivity index (χ4v) is 3.45. The number of hydrogen-bond donors (Lipinski definition) is 1. The predicted molar refractivity (Wildman–Crippen MR) is 106 cm³/mol. The highest BCUT2D eigenvalue weighted by atomic mass is 19.1. The standard InChI is InChI=1S/C21H24FN5/c1-26-7-9-27(10-8-26)20-5-4-16(14-25-20)13-23-15-18-12-19(22)11-17-3-2-6-24-21(17)18/h2-6,11-12,14,23H,7-10,13,15H2,1H3. The molecule has 1 aromatic carbocycles. The fourth-order valence-electron chi connectivity index (χ4n) is 3.45. The second kappa shape index (κ2) is 7.98. The first-order valence-electron chi connectivity index (χ1n) is 9.31. The minimum Gasteiger partial charge on any atom is -0.354 e. The molecule has 1 fully saturated rings. The van der Waals surface area contributed by atoms with Gasteiger partial charge in [-0.25, -0.2) is 9.37 Å². The van der Waals surface area contributed by atoms with Crippen LogP contribution in [0.4, 0.5) is 10.2 Å². The first-order valence-corrected chi connectivity index (χ1v) is 9.31. The number of hydrogen-bond acceptors (Lipinski definition) is 5. The molecule has 0 unspecified atom stereocenters. The number of benzene rings is 1. The topological polar surface area (TPSA) is 44.3 Å². The Morgan fingerprint density at radius 3 is 2.67 bits per heavy atom. The Morgan fingerprint density at radius 1 is 1.04 bits per heavy atom. The number of likely N-dealkylation sites (N-methyl/N-ethyl adjacent to an activating group) is 1. The van der Waals surface area contributed by atoms with Crippen molar-refractivity contribution >= 4 is 16.7 Å². The number of halogens is 1. The van der Waals surface area contributed by atoms with Crippen LogP contribution in [0.5, 0.6) is 0 Å². The summed E-state index contributed by atoms with van der Waals surface area (Å²) in [5, 5.41) is 4.20. The maximum absolute atomic E-state index is 13.8. The molecule has 1 N–H and O–H groups in total. The van der Waals surface area contributed by atoms with Crippen molar-refractivity contribution in [1.82, 2.24) is 20.2 Å². The first-order chi connectivity index (χ1) is 13.2. The van der Waals surface area contributed by atoms with Gasteiger partial charge in [0, 0.05) is 57.0 Å². The molecule has 0 saturated carbocycles. The highest BCUT2D eigenvalue weighted by Crippen LogP contribution is 2.18. The van der Waals surface area contributed by atoms with Crippen molar-refractivity contribution in [1.29, 1.82) is 0 Å².